The molecule has 0 unspecified atom stereocenters. The van der Waals surface area contributed by atoms with Gasteiger partial charge in [-0.2, -0.15) is 0 Å². The first-order valence-corrected chi connectivity index (χ1v) is 7.87. The summed E-state index contributed by atoms with van der Waals surface area (Å²) in [5.74, 6) is 0.131. The summed E-state index contributed by atoms with van der Waals surface area (Å²) in [7, 11) is 2.91. The predicted molar refractivity (Wildman–Crippen MR) is 96.3 cm³/mol. The van der Waals surface area contributed by atoms with E-state index in [9.17, 15) is 4.79 Å². The number of ether oxygens (including phenoxy) is 1. The molecule has 2 aromatic rings. The van der Waals surface area contributed by atoms with Crippen LogP contribution in [0.3, 0.4) is 0 Å². The molecule has 1 aromatic carbocycles. The zero-order valence-corrected chi connectivity index (χ0v) is 14.9. The van der Waals surface area contributed by atoms with Crippen LogP contribution in [0.4, 0.5) is 0 Å². The minimum absolute atomic E-state index is 0.195. The van der Waals surface area contributed by atoms with E-state index in [1.165, 1.54) is 14.2 Å². The molecule has 25 heavy (non-hydrogen) atoms. The van der Waals surface area contributed by atoms with Crippen molar-refractivity contribution in [3.8, 4) is 11.6 Å². The van der Waals surface area contributed by atoms with E-state index in [0.29, 0.717) is 16.5 Å². The molecule has 0 aliphatic rings. The number of aromatic nitrogens is 2. The second-order valence-corrected chi connectivity index (χ2v) is 5.41. The zero-order chi connectivity index (χ0) is 18.2. The summed E-state index contributed by atoms with van der Waals surface area (Å²) in [6.07, 6.45) is 3.52. The Labute approximate surface area is 150 Å². The van der Waals surface area contributed by atoms with Gasteiger partial charge in [0.1, 0.15) is 13.7 Å². The standard InChI is InChI=1S/C17H19ClN4O3/c1-12(16(21-24-3)17(23)19-2)9-11-25-15-8-10-22(20-15)14-6-4-13(18)5-7-14/h4-10H,11H2,1-3H3,(H,19,23)/b12-9?,21-16+. The molecule has 0 saturated heterocycles. The molecule has 0 aliphatic heterocycles. The molecule has 0 fully saturated rings. The highest BCUT2D eigenvalue weighted by Gasteiger charge is 2.12. The van der Waals surface area contributed by atoms with Crippen LogP contribution in [0.25, 0.3) is 5.69 Å². The van der Waals surface area contributed by atoms with E-state index in [1.54, 1.807) is 42.1 Å². The lowest BCUT2D eigenvalue weighted by Gasteiger charge is -2.05. The summed E-state index contributed by atoms with van der Waals surface area (Å²) in [5.41, 5.74) is 1.71. The Morgan fingerprint density at radius 3 is 2.72 bits per heavy atom. The topological polar surface area (TPSA) is 77.7 Å². The summed E-state index contributed by atoms with van der Waals surface area (Å²) < 4.78 is 7.27. The summed E-state index contributed by atoms with van der Waals surface area (Å²) in [6, 6.07) is 9.06. The van der Waals surface area contributed by atoms with E-state index >= 15 is 0 Å². The van der Waals surface area contributed by atoms with Gasteiger partial charge in [0.25, 0.3) is 5.91 Å². The molecule has 7 nitrogen and oxygen atoms in total. The molecule has 1 N–H and O–H groups in total. The van der Waals surface area contributed by atoms with Gasteiger partial charge in [0.2, 0.25) is 5.88 Å². The maximum absolute atomic E-state index is 11.7. The third kappa shape index (κ3) is 5.09. The highest BCUT2D eigenvalue weighted by Crippen LogP contribution is 2.15. The molecule has 0 saturated carbocycles. The van der Waals surface area contributed by atoms with Gasteiger partial charge >= 0.3 is 0 Å². The lowest BCUT2D eigenvalue weighted by Crippen LogP contribution is -2.28. The Balaban J connectivity index is 2.00. The SMILES string of the molecule is CNC(=O)/C(=N/OC)C(C)=CCOc1ccn(-c2ccc(Cl)cc2)n1. The van der Waals surface area contributed by atoms with Crippen LogP contribution in [0.2, 0.25) is 5.02 Å². The second-order valence-electron chi connectivity index (χ2n) is 4.97. The lowest BCUT2D eigenvalue weighted by atomic mass is 10.1. The van der Waals surface area contributed by atoms with Gasteiger partial charge in [-0.1, -0.05) is 16.8 Å². The normalized spacial score (nSPS) is 12.0. The smallest absolute Gasteiger partial charge is 0.273 e. The summed E-state index contributed by atoms with van der Waals surface area (Å²) >= 11 is 5.88. The quantitative estimate of drug-likeness (QED) is 0.606. The van der Waals surface area contributed by atoms with E-state index in [0.717, 1.165) is 5.69 Å². The number of hydrogen-bond donors (Lipinski definition) is 1. The van der Waals surface area contributed by atoms with Gasteiger partial charge in [-0.05, 0) is 42.8 Å². The van der Waals surface area contributed by atoms with Crippen LogP contribution in [0.1, 0.15) is 6.92 Å². The maximum Gasteiger partial charge on any atom is 0.273 e. The van der Waals surface area contributed by atoms with E-state index in [1.807, 2.05) is 12.1 Å². The lowest BCUT2D eigenvalue weighted by molar-refractivity contribution is -0.114. The summed E-state index contributed by atoms with van der Waals surface area (Å²) in [6.45, 7) is 1.99. The monoisotopic (exact) mass is 362 g/mol. The Kier molecular flexibility index (Phi) is 6.59. The van der Waals surface area contributed by atoms with Crippen LogP contribution in [0, 0.1) is 0 Å². The van der Waals surface area contributed by atoms with Gasteiger partial charge in [-0.25, -0.2) is 4.68 Å². The fourth-order valence-corrected chi connectivity index (χ4v) is 2.10. The van der Waals surface area contributed by atoms with Crippen LogP contribution in [-0.2, 0) is 9.63 Å². The van der Waals surface area contributed by atoms with Gasteiger partial charge in [-0.3, -0.25) is 4.79 Å². The largest absolute Gasteiger partial charge is 0.472 e. The van der Waals surface area contributed by atoms with E-state index in [2.05, 4.69) is 15.6 Å². The van der Waals surface area contributed by atoms with Crippen molar-refractivity contribution in [1.29, 1.82) is 0 Å². The number of hydrogen-bond acceptors (Lipinski definition) is 5. The van der Waals surface area contributed by atoms with Crippen LogP contribution in [0.5, 0.6) is 5.88 Å². The van der Waals surface area contributed by atoms with Crippen LogP contribution < -0.4 is 10.1 Å². The number of benzene rings is 1. The van der Waals surface area contributed by atoms with Crippen molar-refractivity contribution < 1.29 is 14.4 Å². The zero-order valence-electron chi connectivity index (χ0n) is 14.2. The fourth-order valence-electron chi connectivity index (χ4n) is 1.97. The molecule has 1 aromatic heterocycles. The number of carbonyl (C=O) groups is 1. The summed E-state index contributed by atoms with van der Waals surface area (Å²) in [4.78, 5) is 16.4. The van der Waals surface area contributed by atoms with E-state index < -0.39 is 0 Å². The molecular formula is C17H19ClN4O3. The highest BCUT2D eigenvalue weighted by atomic mass is 35.5. The Morgan fingerprint density at radius 1 is 1.36 bits per heavy atom. The third-order valence-electron chi connectivity index (χ3n) is 3.27. The molecule has 0 atom stereocenters. The fraction of sp³-hybridized carbons (Fsp3) is 0.235. The highest BCUT2D eigenvalue weighted by molar-refractivity contribution is 6.44. The minimum Gasteiger partial charge on any atom is -0.472 e. The van der Waals surface area contributed by atoms with Crippen molar-refractivity contribution in [2.24, 2.45) is 5.16 Å². The Bertz CT molecular complexity index is 781. The van der Waals surface area contributed by atoms with Crippen molar-refractivity contribution >= 4 is 23.2 Å². The maximum atomic E-state index is 11.7. The predicted octanol–water partition coefficient (Wildman–Crippen LogP) is 2.60. The van der Waals surface area contributed by atoms with Gasteiger partial charge in [-0.15, -0.1) is 5.10 Å². The van der Waals surface area contributed by atoms with Gasteiger partial charge < -0.3 is 14.9 Å². The van der Waals surface area contributed by atoms with E-state index in [4.69, 9.17) is 21.2 Å². The number of carbonyl (C=O) groups excluding carboxylic acids is 1. The molecule has 1 heterocycles. The first-order chi connectivity index (χ1) is 12.0. The van der Waals surface area contributed by atoms with Gasteiger partial charge in [0, 0.05) is 24.3 Å². The van der Waals surface area contributed by atoms with Crippen molar-refractivity contribution in [1.82, 2.24) is 15.1 Å². The molecular weight excluding hydrogens is 344 g/mol. The van der Waals surface area contributed by atoms with Crippen LogP contribution in [0.15, 0.2) is 53.3 Å². The number of amides is 1. The third-order valence-corrected chi connectivity index (χ3v) is 3.53. The second kappa shape index (κ2) is 8.89. The van der Waals surface area contributed by atoms with Crippen molar-refractivity contribution in [3.63, 3.8) is 0 Å². The van der Waals surface area contributed by atoms with Crippen molar-refractivity contribution in [2.75, 3.05) is 20.8 Å². The number of nitrogens with one attached hydrogen (secondary N) is 1. The average molecular weight is 363 g/mol. The van der Waals surface area contributed by atoms with E-state index in [-0.39, 0.29) is 18.2 Å². The minimum atomic E-state index is -0.331. The van der Waals surface area contributed by atoms with Crippen LogP contribution >= 0.6 is 11.6 Å². The van der Waals surface area contributed by atoms with Gasteiger partial charge in [0.05, 0.1) is 5.69 Å². The molecule has 2 rings (SSSR count). The Morgan fingerprint density at radius 2 is 2.08 bits per heavy atom. The number of rotatable bonds is 7. The molecule has 0 aliphatic carbocycles. The molecule has 0 radical (unpaired) electrons. The van der Waals surface area contributed by atoms with Gasteiger partial charge in [0.15, 0.2) is 5.71 Å². The van der Waals surface area contributed by atoms with Crippen molar-refractivity contribution in [3.05, 3.63) is 53.2 Å². The Hall–Kier alpha value is -2.80. The molecule has 0 spiro atoms. The molecule has 8 heteroatoms. The number of halogens is 1. The number of oxime groups is 1. The molecule has 132 valence electrons. The molecule has 0 bridgehead atoms. The van der Waals surface area contributed by atoms with Crippen molar-refractivity contribution in [2.45, 2.75) is 6.92 Å². The average Bonchev–Trinajstić information content (AvgIpc) is 3.08. The number of nitrogens with zero attached hydrogens (tertiary/aromatic N) is 3. The molecule has 1 amide bonds. The van der Waals surface area contributed by atoms with Crippen LogP contribution in [-0.4, -0.2) is 42.2 Å². The first-order valence-electron chi connectivity index (χ1n) is 7.50. The first kappa shape index (κ1) is 18.5. The summed E-state index contributed by atoms with van der Waals surface area (Å²) in [5, 5.41) is 11.2.